The number of aryl methyl sites for hydroxylation is 1. The van der Waals surface area contributed by atoms with Gasteiger partial charge in [-0.1, -0.05) is 36.4 Å². The summed E-state index contributed by atoms with van der Waals surface area (Å²) in [6, 6.07) is 17.5. The van der Waals surface area contributed by atoms with E-state index >= 15 is 0 Å². The number of fused-ring (bicyclic) bond motifs is 2. The molecule has 0 radical (unpaired) electrons. The Morgan fingerprint density at radius 1 is 0.909 bits per heavy atom. The second kappa shape index (κ2) is 9.58. The molecule has 1 fully saturated rings. The number of nitrogens with zero attached hydrogens (tertiary/aromatic N) is 3. The number of hydrogen-bond donors (Lipinski definition) is 0. The lowest BCUT2D eigenvalue weighted by Crippen LogP contribution is -2.40. The Hall–Kier alpha value is -3.45. The molecule has 0 unspecified atom stereocenters. The van der Waals surface area contributed by atoms with Crippen LogP contribution in [-0.2, 0) is 22.5 Å². The minimum Gasteiger partial charge on any atom is -0.491 e. The number of ether oxygens (including phenoxy) is 2. The molecule has 1 aromatic heterocycles. The Morgan fingerprint density at radius 3 is 2.61 bits per heavy atom. The van der Waals surface area contributed by atoms with Crippen LogP contribution < -0.4 is 4.74 Å². The van der Waals surface area contributed by atoms with Crippen LogP contribution in [0.2, 0.25) is 0 Å². The molecule has 2 aromatic carbocycles. The van der Waals surface area contributed by atoms with Gasteiger partial charge in [-0.05, 0) is 30.2 Å². The number of para-hydroxylation sites is 1. The van der Waals surface area contributed by atoms with Crippen molar-refractivity contribution in [1.29, 1.82) is 0 Å². The Labute approximate surface area is 192 Å². The molecule has 5 rings (SSSR count). The highest BCUT2D eigenvalue weighted by molar-refractivity contribution is 5.95. The monoisotopic (exact) mass is 445 g/mol. The summed E-state index contributed by atoms with van der Waals surface area (Å²) < 4.78 is 11.2. The van der Waals surface area contributed by atoms with E-state index < -0.39 is 0 Å². The van der Waals surface area contributed by atoms with Crippen molar-refractivity contribution in [2.24, 2.45) is 0 Å². The van der Waals surface area contributed by atoms with Crippen LogP contribution >= 0.6 is 0 Å². The van der Waals surface area contributed by atoms with E-state index in [0.29, 0.717) is 64.5 Å². The highest BCUT2D eigenvalue weighted by atomic mass is 16.5. The fraction of sp³-hybridized carbons (Fsp3) is 0.346. The minimum atomic E-state index is -0.106. The molecule has 7 nitrogen and oxygen atoms in total. The number of carbonyl (C=O) groups is 2. The average Bonchev–Trinajstić information content (AvgIpc) is 3.09. The summed E-state index contributed by atoms with van der Waals surface area (Å²) in [6.45, 7) is 3.92. The van der Waals surface area contributed by atoms with Crippen molar-refractivity contribution in [2.75, 3.05) is 39.5 Å². The first kappa shape index (κ1) is 21.4. The summed E-state index contributed by atoms with van der Waals surface area (Å²) in [7, 11) is 0. The Balaban J connectivity index is 1.29. The Morgan fingerprint density at radius 2 is 1.73 bits per heavy atom. The molecule has 2 amide bonds. The Bertz CT molecular complexity index is 1170. The normalized spacial score (nSPS) is 16.1. The maximum atomic E-state index is 13.2. The van der Waals surface area contributed by atoms with Gasteiger partial charge in [0.1, 0.15) is 18.1 Å². The van der Waals surface area contributed by atoms with Crippen LogP contribution in [0.25, 0.3) is 10.9 Å². The number of pyridine rings is 1. The average molecular weight is 446 g/mol. The lowest BCUT2D eigenvalue weighted by molar-refractivity contribution is -0.135. The summed E-state index contributed by atoms with van der Waals surface area (Å²) in [6.07, 6.45) is 1.12. The molecule has 33 heavy (non-hydrogen) atoms. The summed E-state index contributed by atoms with van der Waals surface area (Å²) in [4.78, 5) is 33.9. The van der Waals surface area contributed by atoms with Gasteiger partial charge < -0.3 is 19.3 Å². The molecular formula is C26H27N3O4. The summed E-state index contributed by atoms with van der Waals surface area (Å²) in [5.41, 5.74) is 3.27. The van der Waals surface area contributed by atoms with E-state index in [1.54, 1.807) is 11.0 Å². The van der Waals surface area contributed by atoms with Crippen molar-refractivity contribution in [1.82, 2.24) is 14.8 Å². The number of hydrogen-bond acceptors (Lipinski definition) is 5. The molecule has 0 atom stereocenters. The van der Waals surface area contributed by atoms with E-state index in [0.717, 1.165) is 27.8 Å². The number of rotatable bonds is 4. The topological polar surface area (TPSA) is 72.0 Å². The van der Waals surface area contributed by atoms with Crippen molar-refractivity contribution >= 4 is 22.7 Å². The van der Waals surface area contributed by atoms with Gasteiger partial charge in [0.05, 0.1) is 25.3 Å². The van der Waals surface area contributed by atoms with Crippen molar-refractivity contribution in [2.45, 2.75) is 19.4 Å². The third-order valence-electron chi connectivity index (χ3n) is 6.20. The van der Waals surface area contributed by atoms with E-state index in [4.69, 9.17) is 9.47 Å². The van der Waals surface area contributed by atoms with Gasteiger partial charge in [0.15, 0.2) is 0 Å². The van der Waals surface area contributed by atoms with Gasteiger partial charge in [-0.3, -0.25) is 9.59 Å². The van der Waals surface area contributed by atoms with E-state index in [1.807, 2.05) is 47.4 Å². The molecule has 2 aliphatic rings. The molecule has 1 saturated heterocycles. The van der Waals surface area contributed by atoms with Gasteiger partial charge in [0.2, 0.25) is 5.91 Å². The zero-order valence-corrected chi connectivity index (χ0v) is 18.5. The first-order valence-electron chi connectivity index (χ1n) is 11.4. The maximum absolute atomic E-state index is 13.2. The van der Waals surface area contributed by atoms with Crippen LogP contribution in [0.15, 0.2) is 54.6 Å². The van der Waals surface area contributed by atoms with Crippen molar-refractivity contribution < 1.29 is 19.1 Å². The van der Waals surface area contributed by atoms with E-state index in [9.17, 15) is 9.59 Å². The third-order valence-corrected chi connectivity index (χ3v) is 6.20. The first-order chi connectivity index (χ1) is 16.2. The maximum Gasteiger partial charge on any atom is 0.272 e. The molecule has 170 valence electrons. The predicted molar refractivity (Wildman–Crippen MR) is 124 cm³/mol. The number of amides is 2. The molecule has 0 bridgehead atoms. The number of morpholine rings is 1. The van der Waals surface area contributed by atoms with Crippen LogP contribution in [-0.4, -0.2) is 66.1 Å². The smallest absolute Gasteiger partial charge is 0.272 e. The van der Waals surface area contributed by atoms with Crippen LogP contribution in [0.3, 0.4) is 0 Å². The molecule has 3 aromatic rings. The highest BCUT2D eigenvalue weighted by Gasteiger charge is 2.23. The van der Waals surface area contributed by atoms with Gasteiger partial charge in [0, 0.05) is 37.0 Å². The van der Waals surface area contributed by atoms with Gasteiger partial charge in [-0.25, -0.2) is 4.98 Å². The standard InChI is InChI=1S/C26H27N3O4/c30-25(28-11-14-32-15-12-28)10-6-19-5-9-24-21(17-19)18-29(13-16-33-24)26(31)23-8-7-20-3-1-2-4-22(20)27-23/h1-5,7-9,17H,6,10-16,18H2. The lowest BCUT2D eigenvalue weighted by Gasteiger charge is -2.26. The number of carbonyl (C=O) groups excluding carboxylic acids is 2. The third kappa shape index (κ3) is 4.83. The predicted octanol–water partition coefficient (Wildman–Crippen LogP) is 3.06. The molecular weight excluding hydrogens is 418 g/mol. The zero-order valence-electron chi connectivity index (χ0n) is 18.5. The molecule has 0 aliphatic carbocycles. The highest BCUT2D eigenvalue weighted by Crippen LogP contribution is 2.26. The van der Waals surface area contributed by atoms with Crippen LogP contribution in [0.5, 0.6) is 5.75 Å². The van der Waals surface area contributed by atoms with Crippen molar-refractivity contribution in [3.8, 4) is 5.75 Å². The summed E-state index contributed by atoms with van der Waals surface area (Å²) in [5.74, 6) is 0.841. The summed E-state index contributed by atoms with van der Waals surface area (Å²) in [5, 5.41) is 1.01. The van der Waals surface area contributed by atoms with Gasteiger partial charge >= 0.3 is 0 Å². The van der Waals surface area contributed by atoms with E-state index in [-0.39, 0.29) is 11.8 Å². The van der Waals surface area contributed by atoms with Crippen molar-refractivity contribution in [3.05, 3.63) is 71.4 Å². The van der Waals surface area contributed by atoms with Crippen LogP contribution in [0.4, 0.5) is 0 Å². The molecule has 0 N–H and O–H groups in total. The van der Waals surface area contributed by atoms with E-state index in [2.05, 4.69) is 11.1 Å². The summed E-state index contributed by atoms with van der Waals surface area (Å²) >= 11 is 0. The zero-order chi connectivity index (χ0) is 22.6. The lowest BCUT2D eigenvalue weighted by atomic mass is 10.0. The fourth-order valence-electron chi connectivity index (χ4n) is 4.35. The molecule has 3 heterocycles. The van der Waals surface area contributed by atoms with E-state index in [1.165, 1.54) is 0 Å². The van der Waals surface area contributed by atoms with Gasteiger partial charge in [-0.15, -0.1) is 0 Å². The Kier molecular flexibility index (Phi) is 6.21. The second-order valence-electron chi connectivity index (χ2n) is 8.40. The molecule has 0 saturated carbocycles. The van der Waals surface area contributed by atoms with Crippen LogP contribution in [0, 0.1) is 0 Å². The number of benzene rings is 2. The quantitative estimate of drug-likeness (QED) is 0.617. The van der Waals surface area contributed by atoms with Crippen molar-refractivity contribution in [3.63, 3.8) is 0 Å². The molecule has 7 heteroatoms. The second-order valence-corrected chi connectivity index (χ2v) is 8.40. The molecule has 0 spiro atoms. The largest absolute Gasteiger partial charge is 0.491 e. The first-order valence-corrected chi connectivity index (χ1v) is 11.4. The van der Waals surface area contributed by atoms with Gasteiger partial charge in [0.25, 0.3) is 5.91 Å². The SMILES string of the molecule is O=C(CCc1ccc2c(c1)CN(C(=O)c1ccc3ccccc3n1)CCO2)N1CCOCC1. The fourth-order valence-corrected chi connectivity index (χ4v) is 4.35. The van der Waals surface area contributed by atoms with Gasteiger partial charge in [-0.2, -0.15) is 0 Å². The number of aromatic nitrogens is 1. The minimum absolute atomic E-state index is 0.106. The van der Waals surface area contributed by atoms with Crippen LogP contribution in [0.1, 0.15) is 28.0 Å². The molecule has 2 aliphatic heterocycles.